The van der Waals surface area contributed by atoms with E-state index in [1.54, 1.807) is 0 Å². The van der Waals surface area contributed by atoms with Crippen LogP contribution in [-0.2, 0) is 0 Å². The second-order valence-electron chi connectivity index (χ2n) is 6.61. The highest BCUT2D eigenvalue weighted by Crippen LogP contribution is 2.47. The largest absolute Gasteiger partial charge is 0.336 e. The monoisotopic (exact) mass is 316 g/mol. The topological polar surface area (TPSA) is 74.4 Å². The highest BCUT2D eigenvalue weighted by Gasteiger charge is 2.34. The summed E-state index contributed by atoms with van der Waals surface area (Å²) in [5, 5.41) is 0. The van der Waals surface area contributed by atoms with E-state index in [1.807, 2.05) is 36.5 Å². The first-order valence-electron chi connectivity index (χ1n) is 8.18. The van der Waals surface area contributed by atoms with E-state index in [0.29, 0.717) is 23.0 Å². The molecule has 0 bridgehead atoms. The molecule has 1 aliphatic heterocycles. The van der Waals surface area contributed by atoms with Crippen LogP contribution >= 0.6 is 0 Å². The molecule has 5 rings (SSSR count). The zero-order valence-electron chi connectivity index (χ0n) is 13.2. The number of nitrogens with one attached hydrogen (secondary N) is 2. The molecule has 2 unspecified atom stereocenters. The summed E-state index contributed by atoms with van der Waals surface area (Å²) in [6.07, 6.45) is 3.13. The number of hydrogen-bond acceptors (Lipinski definition) is 3. The van der Waals surface area contributed by atoms with Crippen LogP contribution in [0.4, 0.5) is 0 Å². The van der Waals surface area contributed by atoms with Gasteiger partial charge in [0.1, 0.15) is 5.82 Å². The minimum Gasteiger partial charge on any atom is -0.336 e. The van der Waals surface area contributed by atoms with E-state index in [2.05, 4.69) is 32.9 Å². The second-order valence-corrected chi connectivity index (χ2v) is 6.61. The number of imidazole rings is 1. The van der Waals surface area contributed by atoms with Gasteiger partial charge in [0.2, 0.25) is 0 Å². The van der Waals surface area contributed by atoms with Crippen LogP contribution in [0.25, 0.3) is 33.8 Å². The number of fused-ring (bicyclic) bond motifs is 2. The first-order chi connectivity index (χ1) is 11.7. The summed E-state index contributed by atoms with van der Waals surface area (Å²) in [6.45, 7) is 2.25. The van der Waals surface area contributed by atoms with Crippen LogP contribution in [0.3, 0.4) is 0 Å². The van der Waals surface area contributed by atoms with Crippen LogP contribution in [0.1, 0.15) is 24.8 Å². The lowest BCUT2D eigenvalue weighted by atomic mass is 10.1. The first-order valence-corrected chi connectivity index (χ1v) is 8.18. The second kappa shape index (κ2) is 4.77. The van der Waals surface area contributed by atoms with E-state index < -0.39 is 0 Å². The van der Waals surface area contributed by atoms with Crippen LogP contribution in [0.5, 0.6) is 0 Å². The Kier molecular flexibility index (Phi) is 2.68. The summed E-state index contributed by atoms with van der Waals surface area (Å²) in [7, 11) is 0. The Morgan fingerprint density at radius 3 is 2.83 bits per heavy atom. The molecule has 3 heterocycles. The molecule has 2 aromatic rings. The van der Waals surface area contributed by atoms with Crippen LogP contribution < -0.4 is 5.56 Å². The van der Waals surface area contributed by atoms with Gasteiger partial charge in [0.25, 0.3) is 5.56 Å². The van der Waals surface area contributed by atoms with Crippen molar-refractivity contribution < 1.29 is 0 Å². The summed E-state index contributed by atoms with van der Waals surface area (Å²) in [5.41, 5.74) is 4.89. The van der Waals surface area contributed by atoms with Gasteiger partial charge in [0, 0.05) is 17.5 Å². The van der Waals surface area contributed by atoms with Crippen LogP contribution in [0.2, 0.25) is 0 Å². The van der Waals surface area contributed by atoms with Crippen LogP contribution in [-0.4, -0.2) is 19.9 Å². The van der Waals surface area contributed by atoms with Gasteiger partial charge in [-0.15, -0.1) is 0 Å². The molecule has 0 saturated heterocycles. The van der Waals surface area contributed by atoms with Gasteiger partial charge in [-0.25, -0.2) is 9.97 Å². The van der Waals surface area contributed by atoms with Gasteiger partial charge in [0.15, 0.2) is 5.65 Å². The zero-order chi connectivity index (χ0) is 16.3. The standard InChI is InChI=1S/C19H16N4O/c1-10-7-13(10)11-8-15-17(20-9-11)23-18(21-15)16-12-5-3-2-4-6-14(12)22-19(16)24/h2-6,8-10,13H,7H2,1H3,(H,22,24)(H,20,21,23). The Morgan fingerprint density at radius 2 is 2.00 bits per heavy atom. The Bertz CT molecular complexity index is 1090. The normalized spacial score (nSPS) is 19.9. The maximum Gasteiger partial charge on any atom is 0.260 e. The van der Waals surface area contributed by atoms with E-state index in [1.165, 1.54) is 12.0 Å². The maximum absolute atomic E-state index is 12.4. The predicted octanol–water partition coefficient (Wildman–Crippen LogP) is 3.54. The molecule has 5 nitrogen and oxygen atoms in total. The third-order valence-corrected chi connectivity index (χ3v) is 4.92. The smallest absolute Gasteiger partial charge is 0.260 e. The molecule has 1 fully saturated rings. The maximum atomic E-state index is 12.4. The van der Waals surface area contributed by atoms with E-state index in [-0.39, 0.29) is 5.56 Å². The summed E-state index contributed by atoms with van der Waals surface area (Å²) >= 11 is 0. The highest BCUT2D eigenvalue weighted by atomic mass is 16.1. The molecule has 2 aliphatic carbocycles. The molecule has 0 aromatic carbocycles. The lowest BCUT2D eigenvalue weighted by molar-refractivity contribution is 0.911. The minimum absolute atomic E-state index is 0.133. The average molecular weight is 316 g/mol. The van der Waals surface area contributed by atoms with Gasteiger partial charge in [-0.05, 0) is 36.0 Å². The molecule has 2 atom stereocenters. The van der Waals surface area contributed by atoms with Crippen molar-refractivity contribution in [3.05, 3.63) is 58.5 Å². The summed E-state index contributed by atoms with van der Waals surface area (Å²) in [5.74, 6) is 1.91. The highest BCUT2D eigenvalue weighted by molar-refractivity contribution is 5.84. The van der Waals surface area contributed by atoms with Crippen molar-refractivity contribution in [2.45, 2.75) is 19.3 Å². The van der Waals surface area contributed by atoms with Gasteiger partial charge in [0.05, 0.1) is 11.1 Å². The molecule has 3 aliphatic rings. The van der Waals surface area contributed by atoms with Crippen molar-refractivity contribution in [1.29, 1.82) is 0 Å². The number of rotatable bonds is 2. The number of nitrogens with zero attached hydrogens (tertiary/aromatic N) is 2. The third-order valence-electron chi connectivity index (χ3n) is 4.92. The van der Waals surface area contributed by atoms with Gasteiger partial charge in [-0.1, -0.05) is 31.2 Å². The number of hydrogen-bond donors (Lipinski definition) is 2. The number of aromatic amines is 2. The number of aromatic nitrogens is 4. The van der Waals surface area contributed by atoms with E-state index >= 15 is 0 Å². The fraction of sp³-hybridized carbons (Fsp3) is 0.211. The molecule has 2 N–H and O–H groups in total. The Hall–Kier alpha value is -2.95. The molecule has 24 heavy (non-hydrogen) atoms. The molecular formula is C19H16N4O. The van der Waals surface area contributed by atoms with E-state index in [0.717, 1.165) is 22.7 Å². The first kappa shape index (κ1) is 13.5. The molecule has 0 spiro atoms. The summed E-state index contributed by atoms with van der Waals surface area (Å²) in [4.78, 5) is 27.6. The van der Waals surface area contributed by atoms with Crippen molar-refractivity contribution in [2.75, 3.05) is 0 Å². The van der Waals surface area contributed by atoms with E-state index in [9.17, 15) is 4.79 Å². The summed E-state index contributed by atoms with van der Waals surface area (Å²) in [6, 6.07) is 11.7. The quantitative estimate of drug-likeness (QED) is 0.594. The van der Waals surface area contributed by atoms with Gasteiger partial charge < -0.3 is 9.97 Å². The zero-order valence-corrected chi connectivity index (χ0v) is 13.2. The minimum atomic E-state index is -0.133. The lowest BCUT2D eigenvalue weighted by Crippen LogP contribution is -2.01. The number of H-pyrrole nitrogens is 2. The SMILES string of the molecule is CC1CC1c1cnc2nc(-c3c4cccccc-4[nH]c3=O)[nH]c2c1. The molecule has 2 aromatic heterocycles. The Morgan fingerprint density at radius 1 is 1.17 bits per heavy atom. The lowest BCUT2D eigenvalue weighted by Gasteiger charge is -1.96. The van der Waals surface area contributed by atoms with Gasteiger partial charge in [-0.3, -0.25) is 4.79 Å². The third kappa shape index (κ3) is 1.98. The van der Waals surface area contributed by atoms with Gasteiger partial charge >= 0.3 is 0 Å². The van der Waals surface area contributed by atoms with E-state index in [4.69, 9.17) is 0 Å². The number of pyridine rings is 1. The average Bonchev–Trinajstić information content (AvgIpc) is 3.11. The Labute approximate surface area is 138 Å². The molecule has 5 heteroatoms. The van der Waals surface area contributed by atoms with Crippen LogP contribution in [0.15, 0.2) is 47.4 Å². The Balaban J connectivity index is 1.68. The molecule has 0 radical (unpaired) electrons. The van der Waals surface area contributed by atoms with Crippen molar-refractivity contribution in [3.8, 4) is 22.6 Å². The van der Waals surface area contributed by atoms with Crippen molar-refractivity contribution in [2.24, 2.45) is 5.92 Å². The molecular weight excluding hydrogens is 300 g/mol. The summed E-state index contributed by atoms with van der Waals surface area (Å²) < 4.78 is 0. The van der Waals surface area contributed by atoms with Crippen molar-refractivity contribution >= 4 is 11.2 Å². The van der Waals surface area contributed by atoms with Gasteiger partial charge in [-0.2, -0.15) is 0 Å². The van der Waals surface area contributed by atoms with Crippen LogP contribution in [0, 0.1) is 5.92 Å². The predicted molar refractivity (Wildman–Crippen MR) is 93.1 cm³/mol. The van der Waals surface area contributed by atoms with Crippen molar-refractivity contribution in [1.82, 2.24) is 19.9 Å². The molecule has 118 valence electrons. The molecule has 1 saturated carbocycles. The fourth-order valence-corrected chi connectivity index (χ4v) is 3.44. The van der Waals surface area contributed by atoms with Crippen molar-refractivity contribution in [3.63, 3.8) is 0 Å². The fourth-order valence-electron chi connectivity index (χ4n) is 3.44. The molecule has 0 amide bonds.